The molecule has 9 heteroatoms. The van der Waals surface area contributed by atoms with Crippen molar-refractivity contribution in [3.8, 4) is 0 Å². The van der Waals surface area contributed by atoms with Crippen LogP contribution in [0.25, 0.3) is 10.9 Å². The number of H-pyrrole nitrogens is 1. The number of aromatic nitrogens is 5. The van der Waals surface area contributed by atoms with Crippen LogP contribution in [0.4, 0.5) is 4.39 Å². The summed E-state index contributed by atoms with van der Waals surface area (Å²) in [6.07, 6.45) is 0. The van der Waals surface area contributed by atoms with Crippen molar-refractivity contribution in [1.82, 2.24) is 35.0 Å². The third kappa shape index (κ3) is 4.61. The molecule has 0 unspecified atom stereocenters. The normalized spacial score (nSPS) is 16.1. The summed E-state index contributed by atoms with van der Waals surface area (Å²) in [4.78, 5) is 21.3. The molecule has 2 aromatic carbocycles. The Labute approximate surface area is 203 Å². The number of fused-ring (bicyclic) bond motifs is 1. The lowest BCUT2D eigenvalue weighted by Crippen LogP contribution is -2.49. The van der Waals surface area contributed by atoms with Crippen LogP contribution >= 0.6 is 0 Å². The Kier molecular flexibility index (Phi) is 6.44. The monoisotopic (exact) mass is 475 g/mol. The number of nitrogens with one attached hydrogen (secondary N) is 1. The topological polar surface area (TPSA) is 82.9 Å². The quantitative estimate of drug-likeness (QED) is 0.462. The minimum atomic E-state index is -0.404. The lowest BCUT2D eigenvalue weighted by molar-refractivity contribution is 0.108. The molecule has 5 rings (SSSR count). The molecular formula is C26H30FN7O. The van der Waals surface area contributed by atoms with Gasteiger partial charge in [-0.15, -0.1) is 5.10 Å². The lowest BCUT2D eigenvalue weighted by Gasteiger charge is -2.38. The van der Waals surface area contributed by atoms with E-state index in [1.165, 1.54) is 12.1 Å². The number of hydrogen-bond donors (Lipinski definition) is 1. The van der Waals surface area contributed by atoms with E-state index >= 15 is 0 Å². The highest BCUT2D eigenvalue weighted by Gasteiger charge is 2.32. The average Bonchev–Trinajstić information content (AvgIpc) is 3.32. The number of aryl methyl sites for hydroxylation is 2. The first-order chi connectivity index (χ1) is 16.9. The van der Waals surface area contributed by atoms with Gasteiger partial charge in [-0.05, 0) is 71.1 Å². The van der Waals surface area contributed by atoms with Crippen molar-refractivity contribution >= 4 is 10.9 Å². The van der Waals surface area contributed by atoms with Crippen molar-refractivity contribution in [1.29, 1.82) is 0 Å². The maximum atomic E-state index is 13.5. The van der Waals surface area contributed by atoms with Crippen molar-refractivity contribution < 1.29 is 4.39 Å². The highest BCUT2D eigenvalue weighted by Crippen LogP contribution is 2.29. The number of piperazine rings is 1. The van der Waals surface area contributed by atoms with E-state index in [9.17, 15) is 9.18 Å². The Morgan fingerprint density at radius 3 is 2.51 bits per heavy atom. The van der Waals surface area contributed by atoms with Crippen LogP contribution < -0.4 is 5.56 Å². The molecule has 1 aliphatic heterocycles. The Morgan fingerprint density at radius 1 is 1.06 bits per heavy atom. The van der Waals surface area contributed by atoms with Gasteiger partial charge in [-0.3, -0.25) is 9.69 Å². The summed E-state index contributed by atoms with van der Waals surface area (Å²) in [5.41, 5.74) is 4.44. The Hall–Kier alpha value is -3.43. The van der Waals surface area contributed by atoms with Crippen LogP contribution in [0.2, 0.25) is 0 Å². The second-order valence-corrected chi connectivity index (χ2v) is 9.22. The molecule has 0 bridgehead atoms. The van der Waals surface area contributed by atoms with E-state index in [4.69, 9.17) is 0 Å². The zero-order chi connectivity index (χ0) is 24.5. The van der Waals surface area contributed by atoms with Gasteiger partial charge in [0, 0.05) is 31.7 Å². The number of tetrazole rings is 1. The third-order valence-corrected chi connectivity index (χ3v) is 7.14. The fourth-order valence-corrected chi connectivity index (χ4v) is 4.86. The SMILES string of the molecule is CCN1CCN([C@@H](c2cc3ccc(C)c(C)c3[nH]c2=O)c2nnnn2Cc2ccc(F)cc2)CC1. The summed E-state index contributed by atoms with van der Waals surface area (Å²) in [7, 11) is 0. The van der Waals surface area contributed by atoms with E-state index in [0.717, 1.165) is 60.3 Å². The van der Waals surface area contributed by atoms with E-state index in [0.29, 0.717) is 17.9 Å². The maximum Gasteiger partial charge on any atom is 0.253 e. The summed E-state index contributed by atoms with van der Waals surface area (Å²) >= 11 is 0. The molecule has 2 aromatic heterocycles. The van der Waals surface area contributed by atoms with Gasteiger partial charge in [-0.1, -0.05) is 31.2 Å². The van der Waals surface area contributed by atoms with Crippen molar-refractivity contribution in [2.75, 3.05) is 32.7 Å². The molecule has 35 heavy (non-hydrogen) atoms. The van der Waals surface area contributed by atoms with Crippen molar-refractivity contribution in [3.63, 3.8) is 0 Å². The van der Waals surface area contributed by atoms with Gasteiger partial charge in [-0.2, -0.15) is 0 Å². The standard InChI is InChI=1S/C26H30FN7O/c1-4-32-11-13-33(14-12-32)24(22-15-20-8-5-17(2)18(3)23(20)28-26(22)35)25-29-30-31-34(25)16-19-6-9-21(27)10-7-19/h5-10,15,24H,4,11-14,16H2,1-3H3,(H,28,35)/t24-/m0/s1. The van der Waals surface area contributed by atoms with Gasteiger partial charge in [0.1, 0.15) is 11.9 Å². The van der Waals surface area contributed by atoms with Crippen molar-refractivity contribution in [2.45, 2.75) is 33.4 Å². The fourth-order valence-electron chi connectivity index (χ4n) is 4.86. The second kappa shape index (κ2) is 9.67. The number of nitrogens with zero attached hydrogens (tertiary/aromatic N) is 6. The van der Waals surface area contributed by atoms with E-state index in [-0.39, 0.29) is 11.4 Å². The van der Waals surface area contributed by atoms with Crippen LogP contribution in [-0.2, 0) is 6.54 Å². The zero-order valence-electron chi connectivity index (χ0n) is 20.3. The highest BCUT2D eigenvalue weighted by atomic mass is 19.1. The number of rotatable bonds is 6. The molecule has 0 aliphatic carbocycles. The molecule has 182 valence electrons. The number of likely N-dealkylation sites (N-methyl/N-ethyl adjacent to an activating group) is 1. The molecule has 0 amide bonds. The van der Waals surface area contributed by atoms with Crippen LogP contribution in [0.1, 0.15) is 41.0 Å². The van der Waals surface area contributed by atoms with Crippen LogP contribution in [0.15, 0.2) is 47.3 Å². The highest BCUT2D eigenvalue weighted by molar-refractivity contribution is 5.83. The van der Waals surface area contributed by atoms with E-state index in [2.05, 4.69) is 43.3 Å². The first-order valence-electron chi connectivity index (χ1n) is 12.0. The van der Waals surface area contributed by atoms with Gasteiger partial charge in [0.2, 0.25) is 0 Å². The second-order valence-electron chi connectivity index (χ2n) is 9.22. The Morgan fingerprint density at radius 2 is 1.80 bits per heavy atom. The zero-order valence-corrected chi connectivity index (χ0v) is 20.3. The minimum absolute atomic E-state index is 0.134. The lowest BCUT2D eigenvalue weighted by atomic mass is 9.99. The van der Waals surface area contributed by atoms with Gasteiger partial charge in [-0.25, -0.2) is 9.07 Å². The maximum absolute atomic E-state index is 13.5. The van der Waals surface area contributed by atoms with Gasteiger partial charge in [0.25, 0.3) is 5.56 Å². The van der Waals surface area contributed by atoms with E-state index in [1.54, 1.807) is 16.8 Å². The minimum Gasteiger partial charge on any atom is -0.321 e. The van der Waals surface area contributed by atoms with Crippen LogP contribution in [0.5, 0.6) is 0 Å². The molecule has 1 fully saturated rings. The largest absolute Gasteiger partial charge is 0.321 e. The predicted octanol–water partition coefficient (Wildman–Crippen LogP) is 3.05. The number of halogens is 1. The number of hydrogen-bond acceptors (Lipinski definition) is 6. The number of benzene rings is 2. The van der Waals surface area contributed by atoms with Crippen LogP contribution in [0, 0.1) is 19.7 Å². The van der Waals surface area contributed by atoms with Crippen molar-refractivity contribution in [2.24, 2.45) is 0 Å². The number of aromatic amines is 1. The molecule has 1 saturated heterocycles. The van der Waals surface area contributed by atoms with E-state index in [1.807, 2.05) is 26.0 Å². The molecule has 4 aromatic rings. The summed E-state index contributed by atoms with van der Waals surface area (Å²) in [5.74, 6) is 0.318. The molecule has 0 spiro atoms. The first-order valence-corrected chi connectivity index (χ1v) is 12.0. The molecule has 0 saturated carbocycles. The summed E-state index contributed by atoms with van der Waals surface area (Å²) in [5, 5.41) is 13.6. The molecule has 0 radical (unpaired) electrons. The molecule has 1 aliphatic rings. The van der Waals surface area contributed by atoms with Gasteiger partial charge < -0.3 is 9.88 Å². The Balaban J connectivity index is 1.60. The predicted molar refractivity (Wildman–Crippen MR) is 133 cm³/mol. The average molecular weight is 476 g/mol. The molecule has 1 N–H and O–H groups in total. The van der Waals surface area contributed by atoms with Crippen molar-refractivity contribution in [3.05, 3.63) is 86.7 Å². The smallest absolute Gasteiger partial charge is 0.253 e. The third-order valence-electron chi connectivity index (χ3n) is 7.14. The molecule has 8 nitrogen and oxygen atoms in total. The van der Waals surface area contributed by atoms with Gasteiger partial charge in [0.05, 0.1) is 12.1 Å². The summed E-state index contributed by atoms with van der Waals surface area (Å²) in [6.45, 7) is 11.0. The Bertz CT molecular complexity index is 1390. The van der Waals surface area contributed by atoms with Crippen LogP contribution in [0.3, 0.4) is 0 Å². The molecule has 1 atom stereocenters. The number of pyridine rings is 1. The summed E-state index contributed by atoms with van der Waals surface area (Å²) < 4.78 is 15.1. The molecular weight excluding hydrogens is 445 g/mol. The van der Waals surface area contributed by atoms with Crippen LogP contribution in [-0.4, -0.2) is 67.7 Å². The molecule has 3 heterocycles. The fraction of sp³-hybridized carbons (Fsp3) is 0.385. The summed E-state index contributed by atoms with van der Waals surface area (Å²) in [6, 6.07) is 12.0. The van der Waals surface area contributed by atoms with E-state index < -0.39 is 6.04 Å². The first kappa shape index (κ1) is 23.3. The van der Waals surface area contributed by atoms with Gasteiger partial charge >= 0.3 is 0 Å². The van der Waals surface area contributed by atoms with Gasteiger partial charge in [0.15, 0.2) is 5.82 Å².